The van der Waals surface area contributed by atoms with E-state index in [1.807, 2.05) is 36.4 Å². The normalized spacial score (nSPS) is 10.7. The summed E-state index contributed by atoms with van der Waals surface area (Å²) in [6, 6.07) is 16.1. The molecule has 21 heavy (non-hydrogen) atoms. The zero-order valence-electron chi connectivity index (χ0n) is 11.1. The average Bonchev–Trinajstić information content (AvgIpc) is 2.87. The molecule has 0 aliphatic rings. The topological polar surface area (TPSA) is 56.7 Å². The molecule has 0 unspecified atom stereocenters. The van der Waals surface area contributed by atoms with Gasteiger partial charge in [0.05, 0.1) is 0 Å². The van der Waals surface area contributed by atoms with Crippen LogP contribution in [0.2, 0.25) is 0 Å². The molecule has 0 radical (unpaired) electrons. The summed E-state index contributed by atoms with van der Waals surface area (Å²) in [5.74, 6) is 6.98. The maximum Gasteiger partial charge on any atom is 0.210 e. The Hall–Kier alpha value is -2.34. The lowest BCUT2D eigenvalue weighted by molar-refractivity contribution is 0.626. The van der Waals surface area contributed by atoms with E-state index in [0.717, 1.165) is 11.1 Å². The van der Waals surface area contributed by atoms with Crippen LogP contribution in [0.15, 0.2) is 59.8 Å². The van der Waals surface area contributed by atoms with Crippen LogP contribution < -0.4 is 5.84 Å². The molecule has 2 N–H and O–H groups in total. The Morgan fingerprint density at radius 2 is 1.86 bits per heavy atom. The molecule has 6 heteroatoms. The van der Waals surface area contributed by atoms with Gasteiger partial charge in [0, 0.05) is 11.3 Å². The minimum absolute atomic E-state index is 0.243. The summed E-state index contributed by atoms with van der Waals surface area (Å²) in [5, 5.41) is 8.79. The highest BCUT2D eigenvalue weighted by Gasteiger charge is 2.11. The van der Waals surface area contributed by atoms with Crippen molar-refractivity contribution in [2.24, 2.45) is 0 Å². The first-order valence-electron chi connectivity index (χ1n) is 6.37. The molecule has 0 aliphatic heterocycles. The van der Waals surface area contributed by atoms with Crippen LogP contribution in [0.4, 0.5) is 4.39 Å². The van der Waals surface area contributed by atoms with E-state index in [2.05, 4.69) is 10.2 Å². The van der Waals surface area contributed by atoms with Gasteiger partial charge >= 0.3 is 0 Å². The van der Waals surface area contributed by atoms with Crippen molar-refractivity contribution >= 4 is 11.8 Å². The highest BCUT2D eigenvalue weighted by molar-refractivity contribution is 7.98. The van der Waals surface area contributed by atoms with E-state index in [1.54, 1.807) is 6.07 Å². The molecule has 3 aromatic rings. The van der Waals surface area contributed by atoms with Crippen molar-refractivity contribution in [1.29, 1.82) is 0 Å². The fraction of sp³-hybridized carbons (Fsp3) is 0.0667. The van der Waals surface area contributed by atoms with Crippen LogP contribution in [0, 0.1) is 5.82 Å². The van der Waals surface area contributed by atoms with Gasteiger partial charge in [0.1, 0.15) is 5.82 Å². The van der Waals surface area contributed by atoms with Gasteiger partial charge in [0.2, 0.25) is 5.16 Å². The number of hydrogen-bond acceptors (Lipinski definition) is 4. The summed E-state index contributed by atoms with van der Waals surface area (Å²) in [7, 11) is 0. The lowest BCUT2D eigenvalue weighted by Crippen LogP contribution is -2.11. The molecule has 2 aromatic carbocycles. The Labute approximate surface area is 125 Å². The molecular formula is C15H13FN4S. The van der Waals surface area contributed by atoms with Crippen molar-refractivity contribution in [2.75, 3.05) is 5.84 Å². The largest absolute Gasteiger partial charge is 0.335 e. The van der Waals surface area contributed by atoms with E-state index in [1.165, 1.54) is 28.6 Å². The van der Waals surface area contributed by atoms with E-state index in [-0.39, 0.29) is 5.82 Å². The predicted molar refractivity (Wildman–Crippen MR) is 81.6 cm³/mol. The third kappa shape index (κ3) is 3.05. The standard InChI is InChI=1S/C15H13FN4S/c16-13-8-4-5-11(9-13)10-21-15-19-18-14(20(15)17)12-6-2-1-3-7-12/h1-9H,10,17H2. The van der Waals surface area contributed by atoms with Crippen LogP contribution in [0.1, 0.15) is 5.56 Å². The molecule has 0 spiro atoms. The summed E-state index contributed by atoms with van der Waals surface area (Å²) in [6.07, 6.45) is 0. The van der Waals surface area contributed by atoms with Gasteiger partial charge in [-0.15, -0.1) is 10.2 Å². The minimum atomic E-state index is -0.243. The Bertz CT molecular complexity index is 742. The monoisotopic (exact) mass is 300 g/mol. The number of nitrogens with zero attached hydrogens (tertiary/aromatic N) is 3. The SMILES string of the molecule is Nn1c(SCc2cccc(F)c2)nnc1-c1ccccc1. The number of aromatic nitrogens is 3. The number of benzene rings is 2. The van der Waals surface area contributed by atoms with Gasteiger partial charge in [-0.1, -0.05) is 54.2 Å². The van der Waals surface area contributed by atoms with Crippen molar-refractivity contribution in [1.82, 2.24) is 14.9 Å². The van der Waals surface area contributed by atoms with Gasteiger partial charge in [-0.25, -0.2) is 9.07 Å². The van der Waals surface area contributed by atoms with E-state index < -0.39 is 0 Å². The summed E-state index contributed by atoms with van der Waals surface area (Å²) in [6.45, 7) is 0. The maximum atomic E-state index is 13.1. The van der Waals surface area contributed by atoms with E-state index in [4.69, 9.17) is 5.84 Å². The predicted octanol–water partition coefficient (Wildman–Crippen LogP) is 3.09. The lowest BCUT2D eigenvalue weighted by atomic mass is 10.2. The number of thioether (sulfide) groups is 1. The fourth-order valence-corrected chi connectivity index (χ4v) is 2.73. The zero-order chi connectivity index (χ0) is 14.7. The molecular weight excluding hydrogens is 287 g/mol. The van der Waals surface area contributed by atoms with Gasteiger partial charge in [0.15, 0.2) is 5.82 Å². The summed E-state index contributed by atoms with van der Waals surface area (Å²) >= 11 is 1.42. The molecule has 0 fully saturated rings. The smallest absolute Gasteiger partial charge is 0.210 e. The molecule has 0 saturated heterocycles. The van der Waals surface area contributed by atoms with Crippen LogP contribution in [0.3, 0.4) is 0 Å². The quantitative estimate of drug-likeness (QED) is 0.594. The molecule has 0 aliphatic carbocycles. The third-order valence-electron chi connectivity index (χ3n) is 2.95. The number of halogens is 1. The van der Waals surface area contributed by atoms with E-state index in [0.29, 0.717) is 16.7 Å². The third-order valence-corrected chi connectivity index (χ3v) is 3.97. The first-order valence-corrected chi connectivity index (χ1v) is 7.36. The van der Waals surface area contributed by atoms with E-state index in [9.17, 15) is 4.39 Å². The second-order valence-electron chi connectivity index (χ2n) is 4.46. The van der Waals surface area contributed by atoms with Gasteiger partial charge < -0.3 is 5.84 Å². The number of nitrogen functional groups attached to an aromatic ring is 1. The maximum absolute atomic E-state index is 13.1. The van der Waals surface area contributed by atoms with Gasteiger partial charge in [-0.2, -0.15) is 0 Å². The fourth-order valence-electron chi connectivity index (χ4n) is 1.93. The van der Waals surface area contributed by atoms with Crippen molar-refractivity contribution in [3.05, 3.63) is 66.0 Å². The molecule has 0 amide bonds. The van der Waals surface area contributed by atoms with Crippen molar-refractivity contribution in [3.8, 4) is 11.4 Å². The molecule has 1 heterocycles. The molecule has 3 rings (SSSR count). The van der Waals surface area contributed by atoms with Gasteiger partial charge in [-0.05, 0) is 17.7 Å². The summed E-state index contributed by atoms with van der Waals surface area (Å²) < 4.78 is 14.6. The van der Waals surface area contributed by atoms with Gasteiger partial charge in [0.25, 0.3) is 0 Å². The first-order chi connectivity index (χ1) is 10.2. The molecule has 4 nitrogen and oxygen atoms in total. The Morgan fingerprint density at radius 1 is 1.05 bits per heavy atom. The molecule has 0 atom stereocenters. The zero-order valence-corrected chi connectivity index (χ0v) is 11.9. The number of hydrogen-bond donors (Lipinski definition) is 1. The second-order valence-corrected chi connectivity index (χ2v) is 5.40. The Kier molecular flexibility index (Phi) is 3.87. The van der Waals surface area contributed by atoms with Crippen LogP contribution in [0.25, 0.3) is 11.4 Å². The summed E-state index contributed by atoms with van der Waals surface area (Å²) in [5.41, 5.74) is 1.79. The van der Waals surface area contributed by atoms with Crippen molar-refractivity contribution in [2.45, 2.75) is 10.9 Å². The van der Waals surface area contributed by atoms with E-state index >= 15 is 0 Å². The second kappa shape index (κ2) is 5.97. The van der Waals surface area contributed by atoms with Crippen molar-refractivity contribution < 1.29 is 4.39 Å². The number of rotatable bonds is 4. The summed E-state index contributed by atoms with van der Waals surface area (Å²) in [4.78, 5) is 0. The molecule has 1 aromatic heterocycles. The molecule has 0 saturated carbocycles. The highest BCUT2D eigenvalue weighted by Crippen LogP contribution is 2.24. The average molecular weight is 300 g/mol. The van der Waals surface area contributed by atoms with Crippen LogP contribution in [0.5, 0.6) is 0 Å². The molecule has 106 valence electrons. The Balaban J connectivity index is 1.77. The number of nitrogens with two attached hydrogens (primary N) is 1. The van der Waals surface area contributed by atoms with Crippen molar-refractivity contribution in [3.63, 3.8) is 0 Å². The first kappa shape index (κ1) is 13.6. The Morgan fingerprint density at radius 3 is 2.62 bits per heavy atom. The highest BCUT2D eigenvalue weighted by atomic mass is 32.2. The molecule has 0 bridgehead atoms. The lowest BCUT2D eigenvalue weighted by Gasteiger charge is -2.04. The minimum Gasteiger partial charge on any atom is -0.335 e. The van der Waals surface area contributed by atoms with Gasteiger partial charge in [-0.3, -0.25) is 0 Å². The van der Waals surface area contributed by atoms with Crippen LogP contribution in [-0.4, -0.2) is 14.9 Å². The van der Waals surface area contributed by atoms with Crippen LogP contribution in [-0.2, 0) is 5.75 Å². The van der Waals surface area contributed by atoms with Crippen LogP contribution >= 0.6 is 11.8 Å².